The van der Waals surface area contributed by atoms with E-state index in [2.05, 4.69) is 18.1 Å². The molecule has 0 bridgehead atoms. The third-order valence-corrected chi connectivity index (χ3v) is 2.99. The van der Waals surface area contributed by atoms with Crippen molar-refractivity contribution >= 4 is 17.7 Å². The minimum atomic E-state index is -0.734. The third kappa shape index (κ3) is 3.95. The molecule has 0 saturated heterocycles. The summed E-state index contributed by atoms with van der Waals surface area (Å²) in [5.74, 6) is 0.758. The van der Waals surface area contributed by atoms with E-state index < -0.39 is 5.97 Å². The fourth-order valence-electron chi connectivity index (χ4n) is 1.33. The van der Waals surface area contributed by atoms with Crippen molar-refractivity contribution < 1.29 is 9.90 Å². The molecule has 0 aliphatic rings. The van der Waals surface area contributed by atoms with Crippen molar-refractivity contribution in [3.63, 3.8) is 0 Å². The van der Waals surface area contributed by atoms with Gasteiger partial charge in [-0.3, -0.25) is 9.48 Å². The molecule has 0 atom stereocenters. The van der Waals surface area contributed by atoms with Crippen molar-refractivity contribution in [2.45, 2.75) is 32.6 Å². The molecule has 0 spiro atoms. The largest absolute Gasteiger partial charge is 0.481 e. The number of hydrogen-bond donors (Lipinski definition) is 1. The first-order chi connectivity index (χ1) is 7.13. The van der Waals surface area contributed by atoms with E-state index in [-0.39, 0.29) is 6.42 Å². The fourth-order valence-corrected chi connectivity index (χ4v) is 2.23. The van der Waals surface area contributed by atoms with Gasteiger partial charge in [0.05, 0.1) is 12.1 Å². The van der Waals surface area contributed by atoms with E-state index >= 15 is 0 Å². The van der Waals surface area contributed by atoms with Crippen molar-refractivity contribution in [1.82, 2.24) is 9.78 Å². The van der Waals surface area contributed by atoms with Crippen molar-refractivity contribution in [2.75, 3.05) is 5.75 Å². The van der Waals surface area contributed by atoms with Crippen molar-refractivity contribution in [2.24, 2.45) is 0 Å². The summed E-state index contributed by atoms with van der Waals surface area (Å²) in [6.07, 6.45) is 0.226. The number of hydrogen-bond acceptors (Lipinski definition) is 3. The number of rotatable bonds is 6. The highest BCUT2D eigenvalue weighted by Crippen LogP contribution is 2.14. The lowest BCUT2D eigenvalue weighted by Gasteiger charge is -2.03. The van der Waals surface area contributed by atoms with Crippen LogP contribution in [-0.2, 0) is 17.1 Å². The quantitative estimate of drug-likeness (QED) is 0.756. The van der Waals surface area contributed by atoms with Crippen LogP contribution >= 0.6 is 11.8 Å². The fraction of sp³-hybridized carbons (Fsp3) is 0.600. The molecule has 5 heteroatoms. The summed E-state index contributed by atoms with van der Waals surface area (Å²) in [4.78, 5) is 10.3. The van der Waals surface area contributed by atoms with Gasteiger partial charge >= 0.3 is 5.97 Å². The summed E-state index contributed by atoms with van der Waals surface area (Å²) in [6, 6.07) is 2.05. The lowest BCUT2D eigenvalue weighted by atomic mass is 10.4. The number of thioether (sulfide) groups is 1. The van der Waals surface area contributed by atoms with Gasteiger partial charge in [-0.25, -0.2) is 0 Å². The van der Waals surface area contributed by atoms with Gasteiger partial charge in [0.1, 0.15) is 0 Å². The molecule has 1 aromatic heterocycles. The standard InChI is InChI=1S/C10H16N2O2S/c1-3-12-9(6-8(2)11-12)7-15-5-4-10(13)14/h6H,3-5,7H2,1-2H3,(H,13,14). The summed E-state index contributed by atoms with van der Waals surface area (Å²) >= 11 is 1.64. The summed E-state index contributed by atoms with van der Waals surface area (Å²) in [7, 11) is 0. The van der Waals surface area contributed by atoms with E-state index in [1.165, 1.54) is 5.69 Å². The molecular weight excluding hydrogens is 212 g/mol. The molecule has 1 rings (SSSR count). The molecule has 0 saturated carbocycles. The lowest BCUT2D eigenvalue weighted by Crippen LogP contribution is -2.02. The van der Waals surface area contributed by atoms with Crippen molar-refractivity contribution in [3.8, 4) is 0 Å². The predicted molar refractivity (Wildman–Crippen MR) is 61.1 cm³/mol. The zero-order chi connectivity index (χ0) is 11.3. The SMILES string of the molecule is CCn1nc(C)cc1CSCCC(=O)O. The molecule has 0 aromatic carbocycles. The normalized spacial score (nSPS) is 10.5. The van der Waals surface area contributed by atoms with E-state index in [4.69, 9.17) is 5.11 Å². The molecule has 15 heavy (non-hydrogen) atoms. The summed E-state index contributed by atoms with van der Waals surface area (Å²) in [5, 5.41) is 12.8. The summed E-state index contributed by atoms with van der Waals surface area (Å²) in [6.45, 7) is 4.89. The van der Waals surface area contributed by atoms with E-state index in [0.717, 1.165) is 18.0 Å². The monoisotopic (exact) mass is 228 g/mol. The molecule has 84 valence electrons. The van der Waals surface area contributed by atoms with Crippen LogP contribution < -0.4 is 0 Å². The zero-order valence-corrected chi connectivity index (χ0v) is 9.88. The first-order valence-electron chi connectivity index (χ1n) is 4.96. The Morgan fingerprint density at radius 2 is 2.40 bits per heavy atom. The Labute approximate surface area is 93.7 Å². The minimum Gasteiger partial charge on any atom is -0.481 e. The summed E-state index contributed by atoms with van der Waals surface area (Å²) < 4.78 is 1.96. The van der Waals surface area contributed by atoms with Gasteiger partial charge in [0, 0.05) is 23.7 Å². The van der Waals surface area contributed by atoms with Gasteiger partial charge in [-0.05, 0) is 19.9 Å². The van der Waals surface area contributed by atoms with Crippen LogP contribution in [0.1, 0.15) is 24.7 Å². The van der Waals surface area contributed by atoms with Crippen LogP contribution in [-0.4, -0.2) is 26.6 Å². The molecule has 1 N–H and O–H groups in total. The van der Waals surface area contributed by atoms with Crippen molar-refractivity contribution in [1.29, 1.82) is 0 Å². The van der Waals surface area contributed by atoms with Crippen LogP contribution in [0.3, 0.4) is 0 Å². The maximum Gasteiger partial charge on any atom is 0.304 e. The topological polar surface area (TPSA) is 55.1 Å². The van der Waals surface area contributed by atoms with Crippen LogP contribution in [0, 0.1) is 6.92 Å². The molecule has 0 fully saturated rings. The predicted octanol–water partition coefficient (Wildman–Crippen LogP) is 1.92. The van der Waals surface area contributed by atoms with E-state index in [0.29, 0.717) is 5.75 Å². The second-order valence-corrected chi connectivity index (χ2v) is 4.39. The Morgan fingerprint density at radius 1 is 1.67 bits per heavy atom. The molecule has 0 unspecified atom stereocenters. The first kappa shape index (κ1) is 12.1. The second kappa shape index (κ2) is 5.80. The van der Waals surface area contributed by atoms with E-state index in [1.54, 1.807) is 11.8 Å². The molecule has 0 aliphatic heterocycles. The lowest BCUT2D eigenvalue weighted by molar-refractivity contribution is -0.136. The molecular formula is C10H16N2O2S. The highest BCUT2D eigenvalue weighted by molar-refractivity contribution is 7.98. The van der Waals surface area contributed by atoms with Crippen LogP contribution in [0.25, 0.3) is 0 Å². The average molecular weight is 228 g/mol. The van der Waals surface area contributed by atoms with Gasteiger partial charge in [-0.15, -0.1) is 0 Å². The molecule has 1 aromatic rings. The van der Waals surface area contributed by atoms with Gasteiger partial charge in [0.25, 0.3) is 0 Å². The van der Waals surface area contributed by atoms with Gasteiger partial charge in [0.2, 0.25) is 0 Å². The Morgan fingerprint density at radius 3 is 3.00 bits per heavy atom. The number of carbonyl (C=O) groups is 1. The van der Waals surface area contributed by atoms with Crippen LogP contribution in [0.15, 0.2) is 6.07 Å². The average Bonchev–Trinajstić information content (AvgIpc) is 2.53. The van der Waals surface area contributed by atoms with Gasteiger partial charge in [0.15, 0.2) is 0 Å². The molecule has 0 amide bonds. The second-order valence-electron chi connectivity index (χ2n) is 3.29. The highest BCUT2D eigenvalue weighted by atomic mass is 32.2. The number of aromatic nitrogens is 2. The smallest absolute Gasteiger partial charge is 0.304 e. The third-order valence-electron chi connectivity index (χ3n) is 2.00. The number of nitrogens with zero attached hydrogens (tertiary/aromatic N) is 2. The van der Waals surface area contributed by atoms with Crippen LogP contribution in [0.5, 0.6) is 0 Å². The van der Waals surface area contributed by atoms with Crippen LogP contribution in [0.4, 0.5) is 0 Å². The summed E-state index contributed by atoms with van der Waals surface area (Å²) in [5.41, 5.74) is 2.19. The van der Waals surface area contributed by atoms with Gasteiger partial charge in [-0.1, -0.05) is 0 Å². The van der Waals surface area contributed by atoms with Crippen LogP contribution in [0.2, 0.25) is 0 Å². The van der Waals surface area contributed by atoms with E-state index in [1.807, 2.05) is 11.6 Å². The Bertz CT molecular complexity index is 336. The molecule has 1 heterocycles. The number of aliphatic carboxylic acids is 1. The van der Waals surface area contributed by atoms with Gasteiger partial charge in [-0.2, -0.15) is 16.9 Å². The van der Waals surface area contributed by atoms with E-state index in [9.17, 15) is 4.79 Å². The molecule has 4 nitrogen and oxygen atoms in total. The Balaban J connectivity index is 2.39. The maximum atomic E-state index is 10.3. The number of carboxylic acid groups (broad SMARTS) is 1. The highest BCUT2D eigenvalue weighted by Gasteiger charge is 2.04. The Kier molecular flexibility index (Phi) is 4.68. The zero-order valence-electron chi connectivity index (χ0n) is 9.06. The number of carboxylic acids is 1. The minimum absolute atomic E-state index is 0.226. The first-order valence-corrected chi connectivity index (χ1v) is 6.11. The maximum absolute atomic E-state index is 10.3. The number of aryl methyl sites for hydroxylation is 2. The van der Waals surface area contributed by atoms with Gasteiger partial charge < -0.3 is 5.11 Å². The Hall–Kier alpha value is -0.970. The molecule has 0 aliphatic carbocycles. The van der Waals surface area contributed by atoms with Crippen molar-refractivity contribution in [3.05, 3.63) is 17.5 Å². The molecule has 0 radical (unpaired) electrons.